The van der Waals surface area contributed by atoms with Gasteiger partial charge in [0.05, 0.1) is 12.6 Å². The smallest absolute Gasteiger partial charge is 0.188 e. The lowest BCUT2D eigenvalue weighted by atomic mass is 10.1. The van der Waals surface area contributed by atoms with E-state index in [-0.39, 0.29) is 11.6 Å². The predicted octanol–water partition coefficient (Wildman–Crippen LogP) is 3.14. The number of halogens is 2. The monoisotopic (exact) mass is 327 g/mol. The van der Waals surface area contributed by atoms with Gasteiger partial charge in [-0.25, -0.2) is 4.39 Å². The van der Waals surface area contributed by atoms with Crippen LogP contribution in [0.3, 0.4) is 0 Å². The van der Waals surface area contributed by atoms with E-state index in [1.807, 2.05) is 0 Å². The summed E-state index contributed by atoms with van der Waals surface area (Å²) in [6.45, 7) is 0.0747. The summed E-state index contributed by atoms with van der Waals surface area (Å²) in [6.07, 6.45) is 6.21. The zero-order chi connectivity index (χ0) is 15.9. The van der Waals surface area contributed by atoms with Crippen molar-refractivity contribution >= 4 is 17.6 Å². The molecule has 1 aliphatic rings. The van der Waals surface area contributed by atoms with Crippen LogP contribution in [-0.4, -0.2) is 23.7 Å². The first-order valence-electron chi connectivity index (χ1n) is 7.75. The van der Waals surface area contributed by atoms with Gasteiger partial charge >= 0.3 is 0 Å². The summed E-state index contributed by atoms with van der Waals surface area (Å²) in [7, 11) is 0. The number of aliphatic hydroxyl groups is 1. The maximum absolute atomic E-state index is 13.3. The molecule has 122 valence electrons. The molecule has 1 atom stereocenters. The molecule has 1 fully saturated rings. The van der Waals surface area contributed by atoms with Gasteiger partial charge in [-0.15, -0.1) is 0 Å². The van der Waals surface area contributed by atoms with Crippen LogP contribution in [0.1, 0.15) is 50.2 Å². The summed E-state index contributed by atoms with van der Waals surface area (Å²) in [5.41, 5.74) is 6.27. The molecule has 2 rings (SSSR count). The quantitative estimate of drug-likeness (QED) is 0.452. The van der Waals surface area contributed by atoms with Gasteiger partial charge in [0.1, 0.15) is 5.82 Å². The van der Waals surface area contributed by atoms with Gasteiger partial charge in [-0.1, -0.05) is 37.3 Å². The van der Waals surface area contributed by atoms with Crippen molar-refractivity contribution in [2.75, 3.05) is 6.54 Å². The van der Waals surface area contributed by atoms with Crippen LogP contribution in [0.5, 0.6) is 0 Å². The summed E-state index contributed by atoms with van der Waals surface area (Å²) < 4.78 is 13.3. The van der Waals surface area contributed by atoms with Crippen LogP contribution in [0.15, 0.2) is 23.2 Å². The third-order valence-electron chi connectivity index (χ3n) is 3.91. The molecule has 0 aliphatic heterocycles. The maximum Gasteiger partial charge on any atom is 0.188 e. The van der Waals surface area contributed by atoms with Gasteiger partial charge < -0.3 is 16.2 Å². The predicted molar refractivity (Wildman–Crippen MR) is 87.5 cm³/mol. The fourth-order valence-electron chi connectivity index (χ4n) is 2.74. The van der Waals surface area contributed by atoms with E-state index in [1.54, 1.807) is 0 Å². The van der Waals surface area contributed by atoms with Gasteiger partial charge in [0.25, 0.3) is 0 Å². The number of benzene rings is 1. The molecule has 1 saturated carbocycles. The molecular formula is C16H23ClFN3O. The highest BCUT2D eigenvalue weighted by molar-refractivity contribution is 6.30. The van der Waals surface area contributed by atoms with E-state index < -0.39 is 11.9 Å². The minimum atomic E-state index is -0.928. The van der Waals surface area contributed by atoms with E-state index in [1.165, 1.54) is 43.9 Å². The maximum atomic E-state index is 13.3. The highest BCUT2D eigenvalue weighted by atomic mass is 35.5. The molecule has 0 saturated heterocycles. The Kier molecular flexibility index (Phi) is 6.46. The van der Waals surface area contributed by atoms with Crippen molar-refractivity contribution in [3.05, 3.63) is 34.6 Å². The third kappa shape index (κ3) is 5.46. The largest absolute Gasteiger partial charge is 0.386 e. The molecule has 4 nitrogen and oxygen atoms in total. The number of aliphatic hydroxyl groups excluding tert-OH is 1. The van der Waals surface area contributed by atoms with Crippen LogP contribution in [0.2, 0.25) is 5.02 Å². The Morgan fingerprint density at radius 3 is 2.64 bits per heavy atom. The van der Waals surface area contributed by atoms with Crippen molar-refractivity contribution in [2.45, 2.75) is 50.7 Å². The Morgan fingerprint density at radius 1 is 1.32 bits per heavy atom. The Labute approximate surface area is 135 Å². The number of hydrogen-bond donors (Lipinski definition) is 3. The Morgan fingerprint density at radius 2 is 2.00 bits per heavy atom. The Balaban J connectivity index is 1.88. The van der Waals surface area contributed by atoms with E-state index in [9.17, 15) is 9.50 Å². The summed E-state index contributed by atoms with van der Waals surface area (Å²) in [5, 5.41) is 13.5. The summed E-state index contributed by atoms with van der Waals surface area (Å²) in [6, 6.07) is 4.33. The van der Waals surface area contributed by atoms with Gasteiger partial charge in [0.2, 0.25) is 0 Å². The second-order valence-corrected chi connectivity index (χ2v) is 6.21. The van der Waals surface area contributed by atoms with Crippen molar-refractivity contribution in [3.8, 4) is 0 Å². The van der Waals surface area contributed by atoms with Crippen LogP contribution in [0.25, 0.3) is 0 Å². The normalized spacial score (nSPS) is 18.8. The number of nitrogens with one attached hydrogen (secondary N) is 1. The lowest BCUT2D eigenvalue weighted by Gasteiger charge is -2.17. The molecule has 1 aliphatic carbocycles. The topological polar surface area (TPSA) is 70.6 Å². The van der Waals surface area contributed by atoms with Crippen LogP contribution >= 0.6 is 11.6 Å². The number of rotatable bonds is 4. The molecule has 0 radical (unpaired) electrons. The van der Waals surface area contributed by atoms with Crippen LogP contribution in [0, 0.1) is 5.82 Å². The van der Waals surface area contributed by atoms with E-state index in [4.69, 9.17) is 17.3 Å². The number of nitrogens with two attached hydrogens (primary N) is 1. The minimum absolute atomic E-state index is 0.0747. The molecule has 0 amide bonds. The molecule has 0 heterocycles. The lowest BCUT2D eigenvalue weighted by Crippen LogP contribution is -2.40. The number of nitrogens with zero attached hydrogens (tertiary/aromatic N) is 1. The van der Waals surface area contributed by atoms with Gasteiger partial charge in [0.15, 0.2) is 5.96 Å². The van der Waals surface area contributed by atoms with Gasteiger partial charge in [-0.3, -0.25) is 4.99 Å². The molecule has 1 aromatic rings. The first-order valence-corrected chi connectivity index (χ1v) is 8.13. The van der Waals surface area contributed by atoms with Crippen LogP contribution < -0.4 is 11.1 Å². The molecule has 1 aromatic carbocycles. The molecule has 1 unspecified atom stereocenters. The molecule has 0 spiro atoms. The van der Waals surface area contributed by atoms with Gasteiger partial charge in [0, 0.05) is 11.1 Å². The Bertz CT molecular complexity index is 496. The average molecular weight is 328 g/mol. The second kappa shape index (κ2) is 8.34. The number of aliphatic imine (C=N–C) groups is 1. The standard InChI is InChI=1S/C16H23ClFN3O/c17-12-7-11(8-13(18)9-12)15(22)10-20-16(19)21-14-5-3-1-2-4-6-14/h7-9,14-15,22H,1-6,10H2,(H3,19,20,21). The fraction of sp³-hybridized carbons (Fsp3) is 0.562. The molecular weight excluding hydrogens is 305 g/mol. The van der Waals surface area contributed by atoms with E-state index in [0.717, 1.165) is 12.8 Å². The second-order valence-electron chi connectivity index (χ2n) is 5.78. The summed E-state index contributed by atoms with van der Waals surface area (Å²) >= 11 is 5.78. The van der Waals surface area contributed by atoms with Crippen molar-refractivity contribution < 1.29 is 9.50 Å². The van der Waals surface area contributed by atoms with Gasteiger partial charge in [-0.2, -0.15) is 0 Å². The van der Waals surface area contributed by atoms with Gasteiger partial charge in [-0.05, 0) is 36.6 Å². The summed E-state index contributed by atoms with van der Waals surface area (Å²) in [4.78, 5) is 4.15. The van der Waals surface area contributed by atoms with Crippen molar-refractivity contribution in [1.29, 1.82) is 0 Å². The molecule has 6 heteroatoms. The third-order valence-corrected chi connectivity index (χ3v) is 4.13. The van der Waals surface area contributed by atoms with Crippen molar-refractivity contribution in [1.82, 2.24) is 5.32 Å². The molecule has 0 aromatic heterocycles. The molecule has 4 N–H and O–H groups in total. The average Bonchev–Trinajstić information content (AvgIpc) is 2.72. The zero-order valence-electron chi connectivity index (χ0n) is 12.6. The lowest BCUT2D eigenvalue weighted by molar-refractivity contribution is 0.186. The zero-order valence-corrected chi connectivity index (χ0v) is 13.3. The van der Waals surface area contributed by atoms with Crippen molar-refractivity contribution in [3.63, 3.8) is 0 Å². The summed E-state index contributed by atoms with van der Waals surface area (Å²) in [5.74, 6) is -0.150. The Hall–Kier alpha value is -1.33. The number of guanidine groups is 1. The van der Waals surface area contributed by atoms with Crippen LogP contribution in [0.4, 0.5) is 4.39 Å². The van der Waals surface area contributed by atoms with Crippen molar-refractivity contribution in [2.24, 2.45) is 10.7 Å². The minimum Gasteiger partial charge on any atom is -0.386 e. The fourth-order valence-corrected chi connectivity index (χ4v) is 2.97. The first kappa shape index (κ1) is 17.0. The molecule has 0 bridgehead atoms. The highest BCUT2D eigenvalue weighted by Gasteiger charge is 2.13. The highest BCUT2D eigenvalue weighted by Crippen LogP contribution is 2.20. The van der Waals surface area contributed by atoms with E-state index in [2.05, 4.69) is 10.3 Å². The molecule has 22 heavy (non-hydrogen) atoms. The SMILES string of the molecule is NC(=NCC(O)c1cc(F)cc(Cl)c1)NC1CCCCCC1. The number of hydrogen-bond acceptors (Lipinski definition) is 2. The van der Waals surface area contributed by atoms with Crippen LogP contribution in [-0.2, 0) is 0 Å². The van der Waals surface area contributed by atoms with E-state index in [0.29, 0.717) is 17.6 Å². The van der Waals surface area contributed by atoms with E-state index >= 15 is 0 Å². The first-order chi connectivity index (χ1) is 10.5.